The summed E-state index contributed by atoms with van der Waals surface area (Å²) in [6.07, 6.45) is 1.87. The van der Waals surface area contributed by atoms with Crippen LogP contribution in [0.2, 0.25) is 5.02 Å². The molecule has 0 aliphatic carbocycles. The fraction of sp³-hybridized carbons (Fsp3) is 0.267. The highest BCUT2D eigenvalue weighted by molar-refractivity contribution is 6.32. The predicted molar refractivity (Wildman–Crippen MR) is 77.4 cm³/mol. The molecule has 0 unspecified atom stereocenters. The van der Waals surface area contributed by atoms with Crippen LogP contribution in [-0.4, -0.2) is 9.55 Å². The van der Waals surface area contributed by atoms with Crippen LogP contribution in [0.3, 0.4) is 0 Å². The summed E-state index contributed by atoms with van der Waals surface area (Å²) in [4.78, 5) is 4.41. The van der Waals surface area contributed by atoms with Gasteiger partial charge in [0.1, 0.15) is 0 Å². The van der Waals surface area contributed by atoms with Gasteiger partial charge >= 0.3 is 0 Å². The zero-order chi connectivity index (χ0) is 12.9. The minimum absolute atomic E-state index is 0.796. The van der Waals surface area contributed by atoms with Crippen molar-refractivity contribution in [3.8, 4) is 0 Å². The topological polar surface area (TPSA) is 17.8 Å². The molecule has 2 aromatic heterocycles. The molecule has 2 heterocycles. The van der Waals surface area contributed by atoms with E-state index in [1.165, 1.54) is 27.4 Å². The lowest BCUT2D eigenvalue weighted by Gasteiger charge is -2.06. The molecule has 0 fully saturated rings. The number of nitrogens with zero attached hydrogens (tertiary/aromatic N) is 2. The summed E-state index contributed by atoms with van der Waals surface area (Å²) in [6.45, 7) is 7.28. The van der Waals surface area contributed by atoms with Crippen molar-refractivity contribution in [2.45, 2.75) is 27.3 Å². The van der Waals surface area contributed by atoms with E-state index in [2.05, 4.69) is 42.5 Å². The van der Waals surface area contributed by atoms with Crippen LogP contribution in [0.5, 0.6) is 0 Å². The van der Waals surface area contributed by atoms with Gasteiger partial charge in [0.2, 0.25) is 0 Å². The van der Waals surface area contributed by atoms with Crippen molar-refractivity contribution in [1.82, 2.24) is 9.55 Å². The van der Waals surface area contributed by atoms with Crippen LogP contribution in [0.4, 0.5) is 0 Å². The number of hydrogen-bond acceptors (Lipinski definition) is 1. The first kappa shape index (κ1) is 11.5. The summed E-state index contributed by atoms with van der Waals surface area (Å²) >= 11 is 6.19. The fourth-order valence-corrected chi connectivity index (χ4v) is 3.12. The molecule has 0 saturated heterocycles. The first-order valence-corrected chi connectivity index (χ1v) is 6.55. The van der Waals surface area contributed by atoms with Gasteiger partial charge in [-0.25, -0.2) is 0 Å². The van der Waals surface area contributed by atoms with Gasteiger partial charge in [-0.15, -0.1) is 0 Å². The lowest BCUT2D eigenvalue weighted by atomic mass is 10.1. The van der Waals surface area contributed by atoms with Gasteiger partial charge in [-0.2, -0.15) is 0 Å². The van der Waals surface area contributed by atoms with Gasteiger partial charge in [-0.3, -0.25) is 4.98 Å². The molecule has 0 atom stereocenters. The molecule has 3 heteroatoms. The minimum atomic E-state index is 0.796. The van der Waals surface area contributed by atoms with Crippen LogP contribution in [0, 0.1) is 13.8 Å². The SMILES string of the molecule is CCn1c2c(C)cc(Cl)cc2c2ccnc(C)c21. The van der Waals surface area contributed by atoms with Crippen molar-refractivity contribution >= 4 is 33.4 Å². The van der Waals surface area contributed by atoms with E-state index in [1.807, 2.05) is 12.3 Å². The number of benzene rings is 1. The van der Waals surface area contributed by atoms with E-state index in [0.717, 1.165) is 17.3 Å². The number of pyridine rings is 1. The molecule has 0 radical (unpaired) electrons. The van der Waals surface area contributed by atoms with Crippen LogP contribution in [0.25, 0.3) is 21.8 Å². The maximum absolute atomic E-state index is 6.19. The van der Waals surface area contributed by atoms with Crippen molar-refractivity contribution < 1.29 is 0 Å². The monoisotopic (exact) mass is 258 g/mol. The molecule has 0 saturated carbocycles. The van der Waals surface area contributed by atoms with E-state index >= 15 is 0 Å². The first-order valence-electron chi connectivity index (χ1n) is 6.17. The maximum Gasteiger partial charge on any atom is 0.0707 e. The molecule has 2 nitrogen and oxygen atoms in total. The highest BCUT2D eigenvalue weighted by Gasteiger charge is 2.14. The minimum Gasteiger partial charge on any atom is -0.339 e. The Bertz CT molecular complexity index is 756. The molecule has 0 spiro atoms. The van der Waals surface area contributed by atoms with E-state index < -0.39 is 0 Å². The Morgan fingerprint density at radius 2 is 1.94 bits per heavy atom. The van der Waals surface area contributed by atoms with Gasteiger partial charge in [0, 0.05) is 28.5 Å². The molecular weight excluding hydrogens is 244 g/mol. The van der Waals surface area contributed by atoms with Crippen molar-refractivity contribution in [2.75, 3.05) is 0 Å². The first-order chi connectivity index (χ1) is 8.63. The molecule has 0 N–H and O–H groups in total. The summed E-state index contributed by atoms with van der Waals surface area (Å²) < 4.78 is 2.33. The zero-order valence-corrected chi connectivity index (χ0v) is 11.5. The van der Waals surface area contributed by atoms with Crippen molar-refractivity contribution in [2.24, 2.45) is 0 Å². The van der Waals surface area contributed by atoms with Crippen LogP contribution < -0.4 is 0 Å². The van der Waals surface area contributed by atoms with Gasteiger partial charge in [-0.1, -0.05) is 11.6 Å². The Balaban J connectivity index is 2.66. The smallest absolute Gasteiger partial charge is 0.0707 e. The molecule has 0 amide bonds. The molecule has 0 aliphatic heterocycles. The standard InChI is InChI=1S/C15H15ClN2/c1-4-18-14-9(2)7-11(16)8-13(14)12-5-6-17-10(3)15(12)18/h5-8H,4H2,1-3H3. The van der Waals surface area contributed by atoms with Gasteiger partial charge < -0.3 is 4.57 Å². The molecule has 18 heavy (non-hydrogen) atoms. The number of fused-ring (bicyclic) bond motifs is 3. The fourth-order valence-electron chi connectivity index (χ4n) is 2.84. The van der Waals surface area contributed by atoms with E-state index in [1.54, 1.807) is 0 Å². The molecule has 0 aliphatic rings. The lowest BCUT2D eigenvalue weighted by molar-refractivity contribution is 0.819. The third-order valence-corrected chi connectivity index (χ3v) is 3.74. The summed E-state index contributed by atoms with van der Waals surface area (Å²) in [5.74, 6) is 0. The second-order valence-corrected chi connectivity index (χ2v) is 5.09. The molecule has 92 valence electrons. The lowest BCUT2D eigenvalue weighted by Crippen LogP contribution is -1.97. The quantitative estimate of drug-likeness (QED) is 0.629. The normalized spacial score (nSPS) is 11.6. The Morgan fingerprint density at radius 3 is 2.67 bits per heavy atom. The molecule has 3 rings (SSSR count). The third-order valence-electron chi connectivity index (χ3n) is 3.52. The Hall–Kier alpha value is -1.54. The third kappa shape index (κ3) is 1.45. The van der Waals surface area contributed by atoms with Crippen molar-refractivity contribution in [3.05, 3.63) is 40.7 Å². The number of rotatable bonds is 1. The van der Waals surface area contributed by atoms with Crippen molar-refractivity contribution in [3.63, 3.8) is 0 Å². The second kappa shape index (κ2) is 3.99. The molecule has 1 aromatic carbocycles. The average molecular weight is 259 g/mol. The second-order valence-electron chi connectivity index (χ2n) is 4.66. The average Bonchev–Trinajstić information content (AvgIpc) is 2.65. The van der Waals surface area contributed by atoms with Gasteiger partial charge in [-0.05, 0) is 44.5 Å². The number of halogens is 1. The number of aryl methyl sites for hydroxylation is 3. The van der Waals surface area contributed by atoms with Gasteiger partial charge in [0.15, 0.2) is 0 Å². The van der Waals surface area contributed by atoms with E-state index in [-0.39, 0.29) is 0 Å². The number of aromatic nitrogens is 2. The molecule has 0 bridgehead atoms. The Kier molecular flexibility index (Phi) is 2.56. The predicted octanol–water partition coefficient (Wildman–Crippen LogP) is 4.48. The van der Waals surface area contributed by atoms with E-state index in [4.69, 9.17) is 11.6 Å². The van der Waals surface area contributed by atoms with Crippen LogP contribution in [0.15, 0.2) is 24.4 Å². The van der Waals surface area contributed by atoms with Crippen molar-refractivity contribution in [1.29, 1.82) is 0 Å². The van der Waals surface area contributed by atoms with Crippen LogP contribution in [0.1, 0.15) is 18.2 Å². The highest BCUT2D eigenvalue weighted by atomic mass is 35.5. The Morgan fingerprint density at radius 1 is 1.17 bits per heavy atom. The summed E-state index contributed by atoms with van der Waals surface area (Å²) in [6, 6.07) is 6.15. The molecular formula is C15H15ClN2. The summed E-state index contributed by atoms with van der Waals surface area (Å²) in [7, 11) is 0. The van der Waals surface area contributed by atoms with Gasteiger partial charge in [0.05, 0.1) is 16.7 Å². The van der Waals surface area contributed by atoms with Gasteiger partial charge in [0.25, 0.3) is 0 Å². The molecule has 3 aromatic rings. The summed E-state index contributed by atoms with van der Waals surface area (Å²) in [5, 5.41) is 3.26. The highest BCUT2D eigenvalue weighted by Crippen LogP contribution is 2.34. The zero-order valence-electron chi connectivity index (χ0n) is 10.8. The van der Waals surface area contributed by atoms with Crippen LogP contribution in [-0.2, 0) is 6.54 Å². The van der Waals surface area contributed by atoms with E-state index in [0.29, 0.717) is 0 Å². The maximum atomic E-state index is 6.19. The largest absolute Gasteiger partial charge is 0.339 e. The van der Waals surface area contributed by atoms with E-state index in [9.17, 15) is 0 Å². The number of hydrogen-bond donors (Lipinski definition) is 0. The Labute approximate surface area is 111 Å². The summed E-state index contributed by atoms with van der Waals surface area (Å²) in [5.41, 5.74) is 4.78. The van der Waals surface area contributed by atoms with Crippen LogP contribution >= 0.6 is 11.6 Å².